The van der Waals surface area contributed by atoms with Crippen LogP contribution in [0.5, 0.6) is 11.5 Å². The lowest BCUT2D eigenvalue weighted by Gasteiger charge is -2.13. The standard InChI is InChI=1S/C16H19BrN2O2/c1-11-4-5-18-9-13(11)10-19-8-12-6-14(17)16(21-3)15(7-12)20-2/h4-7,9,19H,8,10H2,1-3H3. The lowest BCUT2D eigenvalue weighted by Crippen LogP contribution is -2.14. The average Bonchev–Trinajstić information content (AvgIpc) is 2.48. The molecule has 0 aliphatic carbocycles. The Bertz CT molecular complexity index is 617. The van der Waals surface area contributed by atoms with E-state index in [4.69, 9.17) is 9.47 Å². The highest BCUT2D eigenvalue weighted by molar-refractivity contribution is 9.10. The molecule has 0 unspecified atom stereocenters. The zero-order chi connectivity index (χ0) is 15.2. The van der Waals surface area contributed by atoms with Crippen LogP contribution in [0.3, 0.4) is 0 Å². The second kappa shape index (κ2) is 7.43. The number of hydrogen-bond acceptors (Lipinski definition) is 4. The summed E-state index contributed by atoms with van der Waals surface area (Å²) < 4.78 is 11.5. The summed E-state index contributed by atoms with van der Waals surface area (Å²) in [6.07, 6.45) is 3.71. The number of aromatic nitrogens is 1. The van der Waals surface area contributed by atoms with E-state index >= 15 is 0 Å². The molecule has 0 radical (unpaired) electrons. The Morgan fingerprint density at radius 2 is 2.00 bits per heavy atom. The molecule has 0 aliphatic rings. The molecule has 0 saturated heterocycles. The molecule has 2 aromatic rings. The summed E-state index contributed by atoms with van der Waals surface area (Å²) in [5.41, 5.74) is 3.57. The van der Waals surface area contributed by atoms with Crippen LogP contribution in [-0.4, -0.2) is 19.2 Å². The van der Waals surface area contributed by atoms with Crippen molar-refractivity contribution in [1.82, 2.24) is 10.3 Å². The smallest absolute Gasteiger partial charge is 0.174 e. The molecular formula is C16H19BrN2O2. The largest absolute Gasteiger partial charge is 0.493 e. The van der Waals surface area contributed by atoms with Crippen molar-refractivity contribution < 1.29 is 9.47 Å². The monoisotopic (exact) mass is 350 g/mol. The van der Waals surface area contributed by atoms with Gasteiger partial charge in [-0.25, -0.2) is 0 Å². The molecule has 4 nitrogen and oxygen atoms in total. The molecule has 0 atom stereocenters. The van der Waals surface area contributed by atoms with Gasteiger partial charge in [-0.2, -0.15) is 0 Å². The Balaban J connectivity index is 2.04. The van der Waals surface area contributed by atoms with Crippen LogP contribution >= 0.6 is 15.9 Å². The first-order chi connectivity index (χ1) is 10.2. The fourth-order valence-electron chi connectivity index (χ4n) is 2.10. The summed E-state index contributed by atoms with van der Waals surface area (Å²) in [5, 5.41) is 3.42. The number of methoxy groups -OCH3 is 2. The molecule has 0 amide bonds. The van der Waals surface area contributed by atoms with Gasteiger partial charge in [0.05, 0.1) is 18.7 Å². The number of rotatable bonds is 6. The SMILES string of the molecule is COc1cc(CNCc2cnccc2C)cc(Br)c1OC. The Kier molecular flexibility index (Phi) is 5.59. The summed E-state index contributed by atoms with van der Waals surface area (Å²) >= 11 is 3.50. The van der Waals surface area contributed by atoms with Crippen LogP contribution in [0, 0.1) is 6.92 Å². The fourth-order valence-corrected chi connectivity index (χ4v) is 2.75. The fraction of sp³-hybridized carbons (Fsp3) is 0.312. The van der Waals surface area contributed by atoms with Crippen molar-refractivity contribution in [3.63, 3.8) is 0 Å². The predicted molar refractivity (Wildman–Crippen MR) is 86.8 cm³/mol. The number of ether oxygens (including phenoxy) is 2. The molecule has 5 heteroatoms. The highest BCUT2D eigenvalue weighted by atomic mass is 79.9. The van der Waals surface area contributed by atoms with Crippen LogP contribution in [0.1, 0.15) is 16.7 Å². The summed E-state index contributed by atoms with van der Waals surface area (Å²) in [6, 6.07) is 6.03. The third kappa shape index (κ3) is 3.95. The lowest BCUT2D eigenvalue weighted by atomic mass is 10.1. The molecule has 0 saturated carbocycles. The lowest BCUT2D eigenvalue weighted by molar-refractivity contribution is 0.352. The van der Waals surface area contributed by atoms with E-state index in [1.165, 1.54) is 11.1 Å². The van der Waals surface area contributed by atoms with E-state index in [9.17, 15) is 0 Å². The van der Waals surface area contributed by atoms with Crippen LogP contribution in [0.25, 0.3) is 0 Å². The zero-order valence-electron chi connectivity index (χ0n) is 12.4. The molecule has 0 bridgehead atoms. The van der Waals surface area contributed by atoms with Gasteiger partial charge in [-0.3, -0.25) is 4.98 Å². The summed E-state index contributed by atoms with van der Waals surface area (Å²) in [6.45, 7) is 3.62. The van der Waals surface area contributed by atoms with Crippen molar-refractivity contribution in [2.45, 2.75) is 20.0 Å². The van der Waals surface area contributed by atoms with Crippen molar-refractivity contribution >= 4 is 15.9 Å². The van der Waals surface area contributed by atoms with Gasteiger partial charge in [0.2, 0.25) is 0 Å². The summed E-state index contributed by atoms with van der Waals surface area (Å²) in [7, 11) is 3.27. The van der Waals surface area contributed by atoms with Gasteiger partial charge in [-0.05, 0) is 57.7 Å². The van der Waals surface area contributed by atoms with Gasteiger partial charge in [0.15, 0.2) is 11.5 Å². The number of nitrogens with zero attached hydrogens (tertiary/aromatic N) is 1. The Labute approximate surface area is 133 Å². The van der Waals surface area contributed by atoms with Gasteiger partial charge >= 0.3 is 0 Å². The van der Waals surface area contributed by atoms with E-state index in [0.29, 0.717) is 5.75 Å². The van der Waals surface area contributed by atoms with E-state index in [1.807, 2.05) is 30.6 Å². The quantitative estimate of drug-likeness (QED) is 0.866. The summed E-state index contributed by atoms with van der Waals surface area (Å²) in [4.78, 5) is 4.15. The number of benzene rings is 1. The van der Waals surface area contributed by atoms with Crippen LogP contribution in [0.15, 0.2) is 35.1 Å². The maximum absolute atomic E-state index is 5.35. The molecule has 0 aliphatic heterocycles. The molecule has 0 fully saturated rings. The van der Waals surface area contributed by atoms with Gasteiger partial charge in [-0.15, -0.1) is 0 Å². The maximum Gasteiger partial charge on any atom is 0.174 e. The first-order valence-electron chi connectivity index (χ1n) is 6.66. The highest BCUT2D eigenvalue weighted by Gasteiger charge is 2.10. The van der Waals surface area contributed by atoms with Crippen molar-refractivity contribution in [3.8, 4) is 11.5 Å². The minimum atomic E-state index is 0.712. The van der Waals surface area contributed by atoms with E-state index in [1.54, 1.807) is 14.2 Å². The van der Waals surface area contributed by atoms with Gasteiger partial charge in [-0.1, -0.05) is 0 Å². The molecular weight excluding hydrogens is 332 g/mol. The molecule has 1 aromatic heterocycles. The second-order valence-electron chi connectivity index (χ2n) is 4.72. The van der Waals surface area contributed by atoms with Crippen molar-refractivity contribution in [2.24, 2.45) is 0 Å². The number of nitrogens with one attached hydrogen (secondary N) is 1. The van der Waals surface area contributed by atoms with E-state index in [-0.39, 0.29) is 0 Å². The van der Waals surface area contributed by atoms with E-state index < -0.39 is 0 Å². The van der Waals surface area contributed by atoms with E-state index in [2.05, 4.69) is 33.2 Å². The maximum atomic E-state index is 5.35. The van der Waals surface area contributed by atoms with Crippen molar-refractivity contribution in [2.75, 3.05) is 14.2 Å². The number of halogens is 1. The summed E-state index contributed by atoms with van der Waals surface area (Å²) in [5.74, 6) is 1.44. The van der Waals surface area contributed by atoms with Crippen molar-refractivity contribution in [3.05, 3.63) is 51.8 Å². The topological polar surface area (TPSA) is 43.4 Å². The van der Waals surface area contributed by atoms with Crippen LogP contribution in [-0.2, 0) is 13.1 Å². The van der Waals surface area contributed by atoms with Gasteiger partial charge in [0, 0.05) is 25.5 Å². The second-order valence-corrected chi connectivity index (χ2v) is 5.57. The zero-order valence-corrected chi connectivity index (χ0v) is 14.0. The molecule has 1 N–H and O–H groups in total. The molecule has 1 heterocycles. The third-order valence-corrected chi connectivity index (χ3v) is 3.87. The minimum Gasteiger partial charge on any atom is -0.493 e. The molecule has 0 spiro atoms. The Morgan fingerprint density at radius 1 is 1.19 bits per heavy atom. The first-order valence-corrected chi connectivity index (χ1v) is 7.45. The van der Waals surface area contributed by atoms with Crippen molar-refractivity contribution in [1.29, 1.82) is 0 Å². The molecule has 1 aromatic carbocycles. The van der Waals surface area contributed by atoms with Crippen LogP contribution in [0.2, 0.25) is 0 Å². The Hall–Kier alpha value is -1.59. The minimum absolute atomic E-state index is 0.712. The predicted octanol–water partition coefficient (Wildman–Crippen LogP) is 3.46. The average molecular weight is 351 g/mol. The molecule has 21 heavy (non-hydrogen) atoms. The van der Waals surface area contributed by atoms with E-state index in [0.717, 1.165) is 28.9 Å². The highest BCUT2D eigenvalue weighted by Crippen LogP contribution is 2.36. The number of hydrogen-bond donors (Lipinski definition) is 1. The van der Waals surface area contributed by atoms with Gasteiger partial charge < -0.3 is 14.8 Å². The number of pyridine rings is 1. The van der Waals surface area contributed by atoms with Gasteiger partial charge in [0.1, 0.15) is 0 Å². The first kappa shape index (κ1) is 15.8. The Morgan fingerprint density at radius 3 is 2.67 bits per heavy atom. The van der Waals surface area contributed by atoms with Gasteiger partial charge in [0.25, 0.3) is 0 Å². The molecule has 112 valence electrons. The number of aryl methyl sites for hydroxylation is 1. The third-order valence-electron chi connectivity index (χ3n) is 3.29. The normalized spacial score (nSPS) is 10.5. The van der Waals surface area contributed by atoms with Crippen LogP contribution < -0.4 is 14.8 Å². The van der Waals surface area contributed by atoms with Crippen LogP contribution in [0.4, 0.5) is 0 Å². The molecule has 2 rings (SSSR count).